The average molecular weight is 318 g/mol. The van der Waals surface area contributed by atoms with Gasteiger partial charge in [-0.15, -0.1) is 0 Å². The monoisotopic (exact) mass is 318 g/mol. The van der Waals surface area contributed by atoms with Crippen LogP contribution in [0.15, 0.2) is 34.2 Å². The van der Waals surface area contributed by atoms with Gasteiger partial charge in [0.25, 0.3) is 5.91 Å². The number of ether oxygens (including phenoxy) is 1. The van der Waals surface area contributed by atoms with Crippen LogP contribution in [-0.4, -0.2) is 46.4 Å². The second-order valence-corrected chi connectivity index (χ2v) is 6.57. The second kappa shape index (κ2) is 6.14. The largest absolute Gasteiger partial charge is 0.508 e. The van der Waals surface area contributed by atoms with Crippen molar-refractivity contribution in [2.24, 2.45) is 4.99 Å². The minimum absolute atomic E-state index is 0.132. The fourth-order valence-electron chi connectivity index (χ4n) is 2.59. The van der Waals surface area contributed by atoms with Crippen LogP contribution in [0.25, 0.3) is 6.08 Å². The molecule has 1 aromatic carbocycles. The van der Waals surface area contributed by atoms with Crippen molar-refractivity contribution in [1.82, 2.24) is 4.90 Å². The Kier molecular flexibility index (Phi) is 4.22. The minimum Gasteiger partial charge on any atom is -0.508 e. The van der Waals surface area contributed by atoms with Gasteiger partial charge in [0.15, 0.2) is 5.17 Å². The molecule has 0 radical (unpaired) electrons. The third-order valence-electron chi connectivity index (χ3n) is 3.49. The van der Waals surface area contributed by atoms with Crippen LogP contribution < -0.4 is 0 Å². The molecule has 2 aliphatic rings. The molecule has 1 N–H and O–H groups in total. The SMILES string of the molecule is CC1CN(C2=NC(=O)/C(=C/c3ccc(O)cc3)S2)CC(C)O1. The zero-order chi connectivity index (χ0) is 15.7. The van der Waals surface area contributed by atoms with Crippen molar-refractivity contribution in [2.75, 3.05) is 13.1 Å². The van der Waals surface area contributed by atoms with E-state index in [4.69, 9.17) is 4.74 Å². The third kappa shape index (κ3) is 3.34. The molecule has 1 aromatic rings. The zero-order valence-corrected chi connectivity index (χ0v) is 13.3. The van der Waals surface area contributed by atoms with Crippen molar-refractivity contribution in [3.8, 4) is 5.75 Å². The van der Waals surface area contributed by atoms with E-state index in [2.05, 4.69) is 9.89 Å². The molecular weight excluding hydrogens is 300 g/mol. The Labute approximate surface area is 133 Å². The number of benzene rings is 1. The van der Waals surface area contributed by atoms with Crippen LogP contribution >= 0.6 is 11.8 Å². The number of thioether (sulfide) groups is 1. The van der Waals surface area contributed by atoms with E-state index in [1.807, 2.05) is 13.8 Å². The first-order chi connectivity index (χ1) is 10.5. The molecule has 0 bridgehead atoms. The van der Waals surface area contributed by atoms with Crippen LogP contribution in [0.5, 0.6) is 5.75 Å². The molecule has 0 saturated carbocycles. The molecule has 0 aliphatic carbocycles. The first-order valence-electron chi connectivity index (χ1n) is 7.23. The van der Waals surface area contributed by atoms with Gasteiger partial charge in [0.2, 0.25) is 0 Å². The number of aromatic hydroxyl groups is 1. The maximum absolute atomic E-state index is 12.1. The van der Waals surface area contributed by atoms with Gasteiger partial charge in [-0.3, -0.25) is 4.79 Å². The number of nitrogens with zero attached hydrogens (tertiary/aromatic N) is 2. The Balaban J connectivity index is 1.74. The van der Waals surface area contributed by atoms with Gasteiger partial charge >= 0.3 is 0 Å². The summed E-state index contributed by atoms with van der Waals surface area (Å²) in [4.78, 5) is 19.0. The van der Waals surface area contributed by atoms with E-state index >= 15 is 0 Å². The topological polar surface area (TPSA) is 62.1 Å². The number of amidine groups is 1. The quantitative estimate of drug-likeness (QED) is 0.806. The molecule has 1 fully saturated rings. The van der Waals surface area contributed by atoms with Crippen molar-refractivity contribution in [3.63, 3.8) is 0 Å². The van der Waals surface area contributed by atoms with E-state index in [1.54, 1.807) is 30.3 Å². The first-order valence-corrected chi connectivity index (χ1v) is 8.05. The van der Waals surface area contributed by atoms with Crippen LogP contribution in [0.4, 0.5) is 0 Å². The lowest BCUT2D eigenvalue weighted by Crippen LogP contribution is -2.47. The smallest absolute Gasteiger partial charge is 0.286 e. The fourth-order valence-corrected chi connectivity index (χ4v) is 3.52. The van der Waals surface area contributed by atoms with E-state index in [9.17, 15) is 9.90 Å². The zero-order valence-electron chi connectivity index (χ0n) is 12.5. The number of amides is 1. The Hall–Kier alpha value is -1.79. The summed E-state index contributed by atoms with van der Waals surface area (Å²) in [6, 6.07) is 6.74. The van der Waals surface area contributed by atoms with Gasteiger partial charge in [-0.25, -0.2) is 0 Å². The standard InChI is InChI=1S/C16H18N2O3S/c1-10-8-18(9-11(2)21-10)16-17-15(20)14(22-16)7-12-3-5-13(19)6-4-12/h3-7,10-11,19H,8-9H2,1-2H3/b14-7-. The van der Waals surface area contributed by atoms with Gasteiger partial charge in [0.05, 0.1) is 17.1 Å². The van der Waals surface area contributed by atoms with Gasteiger partial charge in [0.1, 0.15) is 5.75 Å². The second-order valence-electron chi connectivity index (χ2n) is 5.56. The predicted molar refractivity (Wildman–Crippen MR) is 87.7 cm³/mol. The lowest BCUT2D eigenvalue weighted by atomic mass is 10.2. The van der Waals surface area contributed by atoms with E-state index in [0.29, 0.717) is 4.91 Å². The molecule has 1 amide bonds. The molecule has 6 heteroatoms. The Morgan fingerprint density at radius 2 is 1.91 bits per heavy atom. The maximum atomic E-state index is 12.1. The predicted octanol–water partition coefficient (Wildman–Crippen LogP) is 2.47. The van der Waals surface area contributed by atoms with Crippen LogP contribution in [0.2, 0.25) is 0 Å². The maximum Gasteiger partial charge on any atom is 0.286 e. The summed E-state index contributed by atoms with van der Waals surface area (Å²) in [6.45, 7) is 5.54. The van der Waals surface area contributed by atoms with Gasteiger partial charge in [0, 0.05) is 13.1 Å². The fraction of sp³-hybridized carbons (Fsp3) is 0.375. The number of aliphatic imine (C=N–C) groups is 1. The number of phenols is 1. The lowest BCUT2D eigenvalue weighted by molar-refractivity contribution is -0.113. The summed E-state index contributed by atoms with van der Waals surface area (Å²) in [7, 11) is 0. The van der Waals surface area contributed by atoms with Crippen molar-refractivity contribution >= 4 is 28.9 Å². The summed E-state index contributed by atoms with van der Waals surface area (Å²) in [5, 5.41) is 10.0. The van der Waals surface area contributed by atoms with Crippen molar-refractivity contribution < 1.29 is 14.6 Å². The average Bonchev–Trinajstić information content (AvgIpc) is 2.82. The Bertz CT molecular complexity index is 629. The van der Waals surface area contributed by atoms with E-state index in [1.165, 1.54) is 11.8 Å². The molecule has 1 saturated heterocycles. The normalized spacial score (nSPS) is 27.4. The van der Waals surface area contributed by atoms with Crippen LogP contribution in [-0.2, 0) is 9.53 Å². The van der Waals surface area contributed by atoms with Crippen molar-refractivity contribution in [1.29, 1.82) is 0 Å². The summed E-state index contributed by atoms with van der Waals surface area (Å²) < 4.78 is 5.71. The Morgan fingerprint density at radius 1 is 1.27 bits per heavy atom. The summed E-state index contributed by atoms with van der Waals surface area (Å²) in [6.07, 6.45) is 2.07. The highest BCUT2D eigenvalue weighted by atomic mass is 32.2. The number of phenolic OH excluding ortho intramolecular Hbond substituents is 1. The molecule has 2 atom stereocenters. The van der Waals surface area contributed by atoms with Crippen LogP contribution in [0.1, 0.15) is 19.4 Å². The van der Waals surface area contributed by atoms with Gasteiger partial charge in [-0.2, -0.15) is 4.99 Å². The highest BCUT2D eigenvalue weighted by Gasteiger charge is 2.30. The van der Waals surface area contributed by atoms with E-state index in [-0.39, 0.29) is 23.9 Å². The molecule has 0 aromatic heterocycles. The molecular formula is C16H18N2O3S. The molecule has 3 rings (SSSR count). The summed E-state index contributed by atoms with van der Waals surface area (Å²) in [5.41, 5.74) is 0.869. The Morgan fingerprint density at radius 3 is 2.55 bits per heavy atom. The summed E-state index contributed by atoms with van der Waals surface area (Å²) in [5.74, 6) is 0.000607. The molecule has 2 unspecified atom stereocenters. The van der Waals surface area contributed by atoms with Crippen molar-refractivity contribution in [3.05, 3.63) is 34.7 Å². The molecule has 2 heterocycles. The molecule has 116 valence electrons. The molecule has 22 heavy (non-hydrogen) atoms. The van der Waals surface area contributed by atoms with E-state index in [0.717, 1.165) is 23.8 Å². The number of carbonyl (C=O) groups excluding carboxylic acids is 1. The number of hydrogen-bond acceptors (Lipinski definition) is 5. The number of morpholine rings is 1. The number of rotatable bonds is 1. The first kappa shape index (κ1) is 15.1. The molecule has 2 aliphatic heterocycles. The van der Waals surface area contributed by atoms with Gasteiger partial charge < -0.3 is 14.7 Å². The third-order valence-corrected chi connectivity index (χ3v) is 4.53. The highest BCUT2D eigenvalue weighted by Crippen LogP contribution is 2.31. The number of carbonyl (C=O) groups is 1. The molecule has 0 spiro atoms. The molecule has 5 nitrogen and oxygen atoms in total. The number of hydrogen-bond donors (Lipinski definition) is 1. The lowest BCUT2D eigenvalue weighted by Gasteiger charge is -2.35. The summed E-state index contributed by atoms with van der Waals surface area (Å²) >= 11 is 1.40. The highest BCUT2D eigenvalue weighted by molar-refractivity contribution is 8.18. The van der Waals surface area contributed by atoms with Crippen LogP contribution in [0, 0.1) is 0 Å². The van der Waals surface area contributed by atoms with E-state index < -0.39 is 0 Å². The van der Waals surface area contributed by atoms with Gasteiger partial charge in [-0.1, -0.05) is 12.1 Å². The van der Waals surface area contributed by atoms with Crippen LogP contribution in [0.3, 0.4) is 0 Å². The van der Waals surface area contributed by atoms with Crippen molar-refractivity contribution in [2.45, 2.75) is 26.1 Å². The minimum atomic E-state index is -0.208. The van der Waals surface area contributed by atoms with Gasteiger partial charge in [-0.05, 0) is 49.4 Å².